The molecular formula is C49H85NO5. The first-order valence-electron chi connectivity index (χ1n) is 22.7. The number of aliphatic hydroxyl groups excluding tert-OH is 2. The number of ether oxygens (including phenoxy) is 1. The first-order chi connectivity index (χ1) is 27.0. The van der Waals surface area contributed by atoms with Crippen LogP contribution >= 0.6 is 0 Å². The fraction of sp³-hybridized carbons (Fsp3) is 0.714. The summed E-state index contributed by atoms with van der Waals surface area (Å²) in [5.41, 5.74) is 0. The molecule has 0 saturated heterocycles. The van der Waals surface area contributed by atoms with Crippen LogP contribution in [-0.4, -0.2) is 46.9 Å². The number of amides is 1. The zero-order chi connectivity index (χ0) is 40.3. The Bertz CT molecular complexity index is 1040. The lowest BCUT2D eigenvalue weighted by Gasteiger charge is -2.23. The van der Waals surface area contributed by atoms with Crippen LogP contribution in [0, 0.1) is 0 Å². The summed E-state index contributed by atoms with van der Waals surface area (Å²) in [5, 5.41) is 23.5. The Hall–Kier alpha value is -2.70. The highest BCUT2D eigenvalue weighted by Crippen LogP contribution is 2.15. The summed E-state index contributed by atoms with van der Waals surface area (Å²) >= 11 is 0. The van der Waals surface area contributed by atoms with E-state index in [0.717, 1.165) is 77.0 Å². The number of carbonyl (C=O) groups is 2. The number of rotatable bonds is 39. The topological polar surface area (TPSA) is 95.9 Å². The fourth-order valence-corrected chi connectivity index (χ4v) is 6.33. The highest BCUT2D eigenvalue weighted by Gasteiger charge is 2.23. The van der Waals surface area contributed by atoms with Crippen LogP contribution in [-0.2, 0) is 14.3 Å². The summed E-state index contributed by atoms with van der Waals surface area (Å²) in [6.07, 6.45) is 52.7. The predicted octanol–water partition coefficient (Wildman–Crippen LogP) is 13.1. The van der Waals surface area contributed by atoms with Gasteiger partial charge in [-0.3, -0.25) is 9.59 Å². The lowest BCUT2D eigenvalue weighted by Crippen LogP contribution is -2.46. The summed E-state index contributed by atoms with van der Waals surface area (Å²) in [4.78, 5) is 25.9. The average molecular weight is 768 g/mol. The van der Waals surface area contributed by atoms with Gasteiger partial charge >= 0.3 is 5.97 Å². The Labute approximate surface area is 339 Å². The molecule has 0 aromatic carbocycles. The molecule has 3 atom stereocenters. The zero-order valence-electron chi connectivity index (χ0n) is 35.8. The van der Waals surface area contributed by atoms with Crippen molar-refractivity contribution in [3.8, 4) is 0 Å². The van der Waals surface area contributed by atoms with Gasteiger partial charge in [0.05, 0.1) is 25.2 Å². The molecule has 0 radical (unpaired) electrons. The van der Waals surface area contributed by atoms with E-state index in [1.54, 1.807) is 6.08 Å². The minimum Gasteiger partial charge on any atom is -0.458 e. The molecule has 3 N–H and O–H groups in total. The Kier molecular flexibility index (Phi) is 40.4. The maximum absolute atomic E-state index is 13.1. The first kappa shape index (κ1) is 52.3. The van der Waals surface area contributed by atoms with Crippen molar-refractivity contribution < 1.29 is 24.5 Å². The van der Waals surface area contributed by atoms with Crippen molar-refractivity contribution in [1.29, 1.82) is 0 Å². The van der Waals surface area contributed by atoms with E-state index in [9.17, 15) is 19.8 Å². The van der Waals surface area contributed by atoms with Crippen molar-refractivity contribution in [3.05, 3.63) is 72.9 Å². The Morgan fingerprint density at radius 2 is 1.02 bits per heavy atom. The number of hydrogen-bond donors (Lipinski definition) is 3. The molecule has 1 amide bonds. The summed E-state index contributed by atoms with van der Waals surface area (Å²) in [6.45, 7) is 6.27. The van der Waals surface area contributed by atoms with Gasteiger partial charge in [-0.15, -0.1) is 0 Å². The van der Waals surface area contributed by atoms with Crippen LogP contribution in [0.5, 0.6) is 0 Å². The lowest BCUT2D eigenvalue weighted by molar-refractivity contribution is -0.148. The van der Waals surface area contributed by atoms with Crippen LogP contribution in [0.4, 0.5) is 0 Å². The molecule has 0 bridgehead atoms. The third-order valence-electron chi connectivity index (χ3n) is 9.76. The molecule has 0 aromatic heterocycles. The lowest BCUT2D eigenvalue weighted by atomic mass is 10.0. The molecule has 6 nitrogen and oxygen atoms in total. The van der Waals surface area contributed by atoms with Crippen LogP contribution < -0.4 is 5.32 Å². The van der Waals surface area contributed by atoms with E-state index in [4.69, 9.17) is 4.74 Å². The second-order valence-corrected chi connectivity index (χ2v) is 15.1. The molecule has 6 heteroatoms. The van der Waals surface area contributed by atoms with Gasteiger partial charge in [-0.1, -0.05) is 184 Å². The molecule has 0 rings (SSSR count). The van der Waals surface area contributed by atoms with Crippen molar-refractivity contribution in [2.75, 3.05) is 6.61 Å². The maximum atomic E-state index is 13.1. The molecule has 0 aliphatic carbocycles. The van der Waals surface area contributed by atoms with E-state index in [1.807, 2.05) is 6.08 Å². The molecule has 0 aliphatic rings. The van der Waals surface area contributed by atoms with Crippen LogP contribution in [0.3, 0.4) is 0 Å². The normalized spacial score (nSPS) is 14.1. The molecule has 0 heterocycles. The van der Waals surface area contributed by atoms with Gasteiger partial charge in [0.15, 0.2) is 0 Å². The SMILES string of the molecule is CC/C=C/C/C=C/C/C=C/C/C=C/C/C=C/C(CC(=O)NC(CO)C(O)CCCCCCCCCCCC)OC(=O)CCCCCCC/C=C\CCCCC. The summed E-state index contributed by atoms with van der Waals surface area (Å²) in [7, 11) is 0. The van der Waals surface area contributed by atoms with Gasteiger partial charge in [-0.25, -0.2) is 0 Å². The van der Waals surface area contributed by atoms with E-state index >= 15 is 0 Å². The van der Waals surface area contributed by atoms with Crippen molar-refractivity contribution in [1.82, 2.24) is 5.32 Å². The highest BCUT2D eigenvalue weighted by atomic mass is 16.5. The van der Waals surface area contributed by atoms with E-state index in [0.29, 0.717) is 19.3 Å². The van der Waals surface area contributed by atoms with Gasteiger partial charge in [0, 0.05) is 6.42 Å². The first-order valence-corrected chi connectivity index (χ1v) is 22.7. The van der Waals surface area contributed by atoms with E-state index < -0.39 is 18.2 Å². The maximum Gasteiger partial charge on any atom is 0.306 e. The highest BCUT2D eigenvalue weighted by molar-refractivity contribution is 5.78. The largest absolute Gasteiger partial charge is 0.458 e. The number of hydrogen-bond acceptors (Lipinski definition) is 5. The van der Waals surface area contributed by atoms with Crippen molar-refractivity contribution in [2.45, 2.75) is 219 Å². The number of nitrogens with one attached hydrogen (secondary N) is 1. The molecule has 0 spiro atoms. The quantitative estimate of drug-likeness (QED) is 0.0329. The van der Waals surface area contributed by atoms with E-state index in [2.05, 4.69) is 86.8 Å². The van der Waals surface area contributed by atoms with Crippen LogP contribution in [0.15, 0.2) is 72.9 Å². The standard InChI is InChI=1S/C49H85NO5/c1-4-7-10-13-16-19-22-24-25-26-28-31-34-37-40-45(55-49(54)42-39-36-33-30-27-23-20-17-14-11-8-5-2)43-48(53)50-46(44-51)47(52)41-38-35-32-29-21-18-15-12-9-6-3/h7,10,16-17,19-20,24-25,28,31,37,40,45-47,51-52H,4-6,8-9,11-15,18,21-23,26-27,29-30,32-36,38-39,41-44H2,1-3H3,(H,50,53)/b10-7+,19-16+,20-17-,25-24+,31-28+,40-37+. The third kappa shape index (κ3) is 38.0. The van der Waals surface area contributed by atoms with Gasteiger partial charge in [-0.2, -0.15) is 0 Å². The molecule has 55 heavy (non-hydrogen) atoms. The number of aliphatic hydroxyl groups is 2. The third-order valence-corrected chi connectivity index (χ3v) is 9.76. The van der Waals surface area contributed by atoms with Gasteiger partial charge < -0.3 is 20.3 Å². The second-order valence-electron chi connectivity index (χ2n) is 15.1. The fourth-order valence-electron chi connectivity index (χ4n) is 6.33. The molecule has 316 valence electrons. The summed E-state index contributed by atoms with van der Waals surface area (Å²) < 4.78 is 5.78. The van der Waals surface area contributed by atoms with Gasteiger partial charge in [0.1, 0.15) is 6.10 Å². The van der Waals surface area contributed by atoms with Gasteiger partial charge in [0.2, 0.25) is 5.91 Å². The van der Waals surface area contributed by atoms with Crippen molar-refractivity contribution in [2.24, 2.45) is 0 Å². The van der Waals surface area contributed by atoms with Crippen LogP contribution in [0.2, 0.25) is 0 Å². The Morgan fingerprint density at radius 3 is 1.56 bits per heavy atom. The monoisotopic (exact) mass is 768 g/mol. The van der Waals surface area contributed by atoms with E-state index in [1.165, 1.54) is 77.0 Å². The number of carbonyl (C=O) groups excluding carboxylic acids is 2. The predicted molar refractivity (Wildman–Crippen MR) is 236 cm³/mol. The van der Waals surface area contributed by atoms with Crippen LogP contribution in [0.25, 0.3) is 0 Å². The molecular weight excluding hydrogens is 683 g/mol. The summed E-state index contributed by atoms with van der Waals surface area (Å²) in [6, 6.07) is -0.743. The second kappa shape index (κ2) is 42.4. The number of esters is 1. The zero-order valence-corrected chi connectivity index (χ0v) is 35.8. The van der Waals surface area contributed by atoms with Gasteiger partial charge in [0.25, 0.3) is 0 Å². The smallest absolute Gasteiger partial charge is 0.306 e. The Balaban J connectivity index is 4.82. The minimum atomic E-state index is -0.820. The Morgan fingerprint density at radius 1 is 0.564 bits per heavy atom. The molecule has 0 aliphatic heterocycles. The number of unbranched alkanes of at least 4 members (excludes halogenated alkanes) is 17. The summed E-state index contributed by atoms with van der Waals surface area (Å²) in [5.74, 6) is -0.646. The van der Waals surface area contributed by atoms with E-state index in [-0.39, 0.29) is 24.9 Å². The van der Waals surface area contributed by atoms with Crippen LogP contribution in [0.1, 0.15) is 201 Å². The van der Waals surface area contributed by atoms with Crippen molar-refractivity contribution in [3.63, 3.8) is 0 Å². The number of allylic oxidation sites excluding steroid dienone is 11. The van der Waals surface area contributed by atoms with Crippen molar-refractivity contribution >= 4 is 11.9 Å². The molecule has 0 aromatic rings. The minimum absolute atomic E-state index is 0.0517. The molecule has 3 unspecified atom stereocenters. The average Bonchev–Trinajstić information content (AvgIpc) is 3.18. The van der Waals surface area contributed by atoms with Gasteiger partial charge in [-0.05, 0) is 76.7 Å². The molecule has 0 saturated carbocycles. The molecule has 0 fully saturated rings.